The second-order valence-corrected chi connectivity index (χ2v) is 15.6. The number of benzene rings is 3. The number of carbonyl (C=O) groups is 1. The molecule has 4 aromatic rings. The fourth-order valence-corrected chi connectivity index (χ4v) is 6.30. The Bertz CT molecular complexity index is 1550. The summed E-state index contributed by atoms with van der Waals surface area (Å²) >= 11 is 0. The van der Waals surface area contributed by atoms with Crippen molar-refractivity contribution in [2.45, 2.75) is 52.1 Å². The summed E-state index contributed by atoms with van der Waals surface area (Å²) in [6.07, 6.45) is 1.46. The predicted molar refractivity (Wildman–Crippen MR) is 157 cm³/mol. The van der Waals surface area contributed by atoms with Gasteiger partial charge in [0.25, 0.3) is 0 Å². The van der Waals surface area contributed by atoms with Gasteiger partial charge < -0.3 is 14.6 Å². The van der Waals surface area contributed by atoms with Crippen LogP contribution in [0.3, 0.4) is 0 Å². The van der Waals surface area contributed by atoms with Crippen molar-refractivity contribution in [3.05, 3.63) is 94.7 Å². The molecule has 0 saturated carbocycles. The Morgan fingerprint density at radius 1 is 1.02 bits per heavy atom. The van der Waals surface area contributed by atoms with Gasteiger partial charge in [-0.25, -0.2) is 4.79 Å². The molecule has 1 heterocycles. The first-order valence-corrected chi connectivity index (χ1v) is 17.0. The van der Waals surface area contributed by atoms with E-state index in [1.165, 1.54) is 6.92 Å². The minimum Gasteiger partial charge on any atom is -0.498 e. The Labute approximate surface area is 235 Å². The molecule has 1 aliphatic carbocycles. The van der Waals surface area contributed by atoms with Crippen LogP contribution in [-0.2, 0) is 15.9 Å². The number of carbonyl (C=O) groups excluding carboxylic acids is 1. The Kier molecular flexibility index (Phi) is 7.69. The summed E-state index contributed by atoms with van der Waals surface area (Å²) in [5.41, 5.74) is 6.47. The molecule has 0 fully saturated rings. The minimum absolute atomic E-state index is 0.146. The largest absolute Gasteiger partial charge is 0.498 e. The van der Waals surface area contributed by atoms with Crippen LogP contribution < -0.4 is 0 Å². The van der Waals surface area contributed by atoms with E-state index in [9.17, 15) is 9.90 Å². The van der Waals surface area contributed by atoms with Gasteiger partial charge in [0.1, 0.15) is 5.76 Å². The van der Waals surface area contributed by atoms with Crippen LogP contribution in [0.15, 0.2) is 72.5 Å². The van der Waals surface area contributed by atoms with Crippen LogP contribution in [0.5, 0.6) is 0 Å². The molecule has 0 amide bonds. The molecule has 0 aliphatic heterocycles. The minimum atomic E-state index is -1.81. The molecule has 40 heavy (non-hydrogen) atoms. The predicted octanol–water partition coefficient (Wildman–Crippen LogP) is 5.90. The second kappa shape index (κ2) is 11.2. The summed E-state index contributed by atoms with van der Waals surface area (Å²) in [4.78, 5) is 12.8. The van der Waals surface area contributed by atoms with Crippen LogP contribution in [0.25, 0.3) is 28.6 Å². The fraction of sp³-hybridized carbons (Fsp3) is 0.290. The molecule has 9 heteroatoms. The first kappa shape index (κ1) is 27.5. The topological polar surface area (TPSA) is 99.4 Å². The van der Waals surface area contributed by atoms with Gasteiger partial charge in [-0.15, -0.1) is 5.10 Å². The highest BCUT2D eigenvalue weighted by atomic mass is 28.3. The van der Waals surface area contributed by atoms with Crippen molar-refractivity contribution < 1.29 is 19.4 Å². The monoisotopic (exact) mass is 554 g/mol. The standard InChI is InChI=1S/C31H34N4O4Si/c1-6-38-28-19-23-10-9-13-26(31(37)39-20(2)36)29(23)27(28)18-21-14-16-22(17-15-21)24-11-7-8-12-25(24)30-32-33-34-35(30)40(3,4)5/h7-17,19-20,27,36H,6,18H2,1-5H3. The first-order valence-electron chi connectivity index (χ1n) is 13.5. The third-order valence-corrected chi connectivity index (χ3v) is 8.49. The van der Waals surface area contributed by atoms with E-state index in [2.05, 4.69) is 71.6 Å². The molecule has 2 unspecified atom stereocenters. The summed E-state index contributed by atoms with van der Waals surface area (Å²) in [5.74, 6) is 0.912. The van der Waals surface area contributed by atoms with Crippen LogP contribution >= 0.6 is 0 Å². The molecule has 1 aromatic heterocycles. The summed E-state index contributed by atoms with van der Waals surface area (Å²) in [6.45, 7) is 10.5. The fourth-order valence-electron chi connectivity index (χ4n) is 5.19. The number of aliphatic hydroxyl groups is 1. The lowest BCUT2D eigenvalue weighted by Gasteiger charge is -2.20. The molecule has 0 bridgehead atoms. The molecule has 2 atom stereocenters. The average Bonchev–Trinajstić information content (AvgIpc) is 3.55. The highest BCUT2D eigenvalue weighted by Crippen LogP contribution is 2.42. The van der Waals surface area contributed by atoms with Crippen LogP contribution in [0.4, 0.5) is 0 Å². The van der Waals surface area contributed by atoms with E-state index in [1.807, 2.05) is 41.6 Å². The van der Waals surface area contributed by atoms with Gasteiger partial charge in [0.15, 0.2) is 20.3 Å². The van der Waals surface area contributed by atoms with Gasteiger partial charge in [-0.2, -0.15) is 0 Å². The Morgan fingerprint density at radius 2 is 1.75 bits per heavy atom. The van der Waals surface area contributed by atoms with E-state index in [4.69, 9.17) is 9.47 Å². The van der Waals surface area contributed by atoms with E-state index < -0.39 is 20.5 Å². The van der Waals surface area contributed by atoms with E-state index in [0.717, 1.165) is 45.0 Å². The van der Waals surface area contributed by atoms with Crippen molar-refractivity contribution in [2.75, 3.05) is 6.61 Å². The molecule has 8 nitrogen and oxygen atoms in total. The zero-order valence-corrected chi connectivity index (χ0v) is 24.5. The lowest BCUT2D eigenvalue weighted by Crippen LogP contribution is -2.34. The van der Waals surface area contributed by atoms with E-state index in [1.54, 1.807) is 6.07 Å². The van der Waals surface area contributed by atoms with Crippen LogP contribution in [0, 0.1) is 0 Å². The SMILES string of the molecule is CCOC1=Cc2cccc(C(=O)OC(C)O)c2C1Cc1ccc(-c2ccccc2-c2nnnn2[Si](C)(C)C)cc1. The van der Waals surface area contributed by atoms with Gasteiger partial charge in [-0.3, -0.25) is 4.35 Å². The second-order valence-electron chi connectivity index (χ2n) is 10.9. The number of allylic oxidation sites excluding steroid dienone is 1. The lowest BCUT2D eigenvalue weighted by molar-refractivity contribution is -0.0524. The maximum absolute atomic E-state index is 12.8. The Morgan fingerprint density at radius 3 is 2.42 bits per heavy atom. The maximum Gasteiger partial charge on any atom is 0.340 e. The number of hydrogen-bond acceptors (Lipinski definition) is 7. The van der Waals surface area contributed by atoms with Crippen molar-refractivity contribution in [3.8, 4) is 22.5 Å². The van der Waals surface area contributed by atoms with Crippen LogP contribution in [-0.4, -0.2) is 52.1 Å². The maximum atomic E-state index is 12.8. The Balaban J connectivity index is 1.47. The molecule has 206 valence electrons. The highest BCUT2D eigenvalue weighted by molar-refractivity contribution is 6.74. The summed E-state index contributed by atoms with van der Waals surface area (Å²) in [6, 6.07) is 22.2. The molecule has 0 saturated heterocycles. The van der Waals surface area contributed by atoms with Gasteiger partial charge >= 0.3 is 5.97 Å². The number of esters is 1. The van der Waals surface area contributed by atoms with E-state index in [-0.39, 0.29) is 5.92 Å². The molecule has 0 radical (unpaired) electrons. The van der Waals surface area contributed by atoms with Gasteiger partial charge in [0, 0.05) is 11.5 Å². The molecular weight excluding hydrogens is 520 g/mol. The molecule has 1 N–H and O–H groups in total. The number of nitrogens with zero attached hydrogens (tertiary/aromatic N) is 4. The average molecular weight is 555 g/mol. The van der Waals surface area contributed by atoms with Gasteiger partial charge in [0.2, 0.25) is 0 Å². The summed E-state index contributed by atoms with van der Waals surface area (Å²) in [7, 11) is -1.81. The zero-order chi connectivity index (χ0) is 28.4. The number of aromatic nitrogens is 4. The highest BCUT2D eigenvalue weighted by Gasteiger charge is 2.32. The van der Waals surface area contributed by atoms with Gasteiger partial charge in [-0.1, -0.05) is 65.9 Å². The third-order valence-electron chi connectivity index (χ3n) is 6.92. The van der Waals surface area contributed by atoms with Crippen molar-refractivity contribution in [3.63, 3.8) is 0 Å². The molecule has 3 aromatic carbocycles. The van der Waals surface area contributed by atoms with Crippen molar-refractivity contribution >= 4 is 20.3 Å². The molecule has 0 spiro atoms. The van der Waals surface area contributed by atoms with Crippen molar-refractivity contribution in [1.82, 2.24) is 19.9 Å². The number of tetrazole rings is 1. The van der Waals surface area contributed by atoms with Gasteiger partial charge in [0.05, 0.1) is 12.2 Å². The summed E-state index contributed by atoms with van der Waals surface area (Å²) in [5, 5.41) is 22.3. The normalized spacial score (nSPS) is 15.3. The Hall–Kier alpha value is -4.08. The van der Waals surface area contributed by atoms with Gasteiger partial charge in [-0.05, 0) is 85.1 Å². The van der Waals surface area contributed by atoms with E-state index in [0.29, 0.717) is 18.6 Å². The van der Waals surface area contributed by atoms with Crippen LogP contribution in [0.2, 0.25) is 19.6 Å². The summed E-state index contributed by atoms with van der Waals surface area (Å²) < 4.78 is 13.1. The van der Waals surface area contributed by atoms with E-state index >= 15 is 0 Å². The number of aliphatic hydroxyl groups excluding tert-OH is 1. The smallest absolute Gasteiger partial charge is 0.340 e. The van der Waals surface area contributed by atoms with Crippen LogP contribution in [0.1, 0.15) is 46.8 Å². The first-order chi connectivity index (χ1) is 19.2. The molecule has 5 rings (SSSR count). The molecular formula is C31H34N4O4Si. The quantitative estimate of drug-likeness (QED) is 0.156. The number of rotatable bonds is 9. The third kappa shape index (κ3) is 5.48. The number of hydrogen-bond donors (Lipinski definition) is 1. The lowest BCUT2D eigenvalue weighted by atomic mass is 9.88. The number of fused-ring (bicyclic) bond motifs is 1. The van der Waals surface area contributed by atoms with Crippen molar-refractivity contribution in [1.29, 1.82) is 0 Å². The van der Waals surface area contributed by atoms with Crippen molar-refractivity contribution in [2.24, 2.45) is 0 Å². The number of ether oxygens (including phenoxy) is 2. The molecule has 1 aliphatic rings. The zero-order valence-electron chi connectivity index (χ0n) is 23.5.